The summed E-state index contributed by atoms with van der Waals surface area (Å²) in [5, 5.41) is 22.7. The van der Waals surface area contributed by atoms with Crippen LogP contribution in [0.3, 0.4) is 0 Å². The third kappa shape index (κ3) is 34.1. The molecule has 18 heteroatoms. The summed E-state index contributed by atoms with van der Waals surface area (Å²) >= 11 is 0. The van der Waals surface area contributed by atoms with Crippen molar-refractivity contribution in [3.63, 3.8) is 0 Å². The van der Waals surface area contributed by atoms with Crippen LogP contribution in [-0.2, 0) is 39.4 Å². The van der Waals surface area contributed by atoms with Crippen LogP contribution in [0.4, 0.5) is 0 Å². The van der Waals surface area contributed by atoms with E-state index < -0.39 is 66.3 Å². The minimum absolute atomic E-state index is 0. The first-order chi connectivity index (χ1) is 28.3. The number of carboxylic acid groups (broad SMARTS) is 2. The number of unbranched alkanes of at least 4 members (excludes halogenated alkanes) is 30. The molecule has 2 amide bonds. The molecule has 0 aliphatic heterocycles. The molecule has 14 nitrogen and oxygen atoms in total. The molecule has 2 atom stereocenters. The second-order valence-corrected chi connectivity index (χ2v) is 20.4. The number of carbonyl (C=O) groups is 4. The Morgan fingerprint density at radius 2 is 0.548 bits per heavy atom. The van der Waals surface area contributed by atoms with Crippen molar-refractivity contribution in [2.24, 2.45) is 11.5 Å². The molecule has 0 aliphatic rings. The summed E-state index contributed by atoms with van der Waals surface area (Å²) in [6.45, 7) is 4.47. The van der Waals surface area contributed by atoms with Gasteiger partial charge in [-0.15, -0.1) is 0 Å². The Morgan fingerprint density at radius 1 is 0.387 bits per heavy atom. The van der Waals surface area contributed by atoms with E-state index in [1.807, 2.05) is 0 Å². The zero-order chi connectivity index (χ0) is 45.8. The fourth-order valence-corrected chi connectivity index (χ4v) is 9.53. The maximum atomic E-state index is 11.5. The second-order valence-electron chi connectivity index (χ2n) is 16.9. The zero-order valence-corrected chi connectivity index (χ0v) is 45.0. The molecular formula is C44H84N2Na2O12S2. The monoisotopic (exact) mass is 943 g/mol. The van der Waals surface area contributed by atoms with Gasteiger partial charge in [-0.2, -0.15) is 16.8 Å². The average molecular weight is 943 g/mol. The van der Waals surface area contributed by atoms with E-state index in [0.717, 1.165) is 38.5 Å². The second kappa shape index (κ2) is 42.1. The van der Waals surface area contributed by atoms with Crippen LogP contribution in [0.25, 0.3) is 0 Å². The van der Waals surface area contributed by atoms with Crippen LogP contribution in [0.5, 0.6) is 0 Å². The number of primary amides is 2. The van der Waals surface area contributed by atoms with E-state index in [0.29, 0.717) is 12.8 Å². The Hall–Kier alpha value is -0.300. The Labute approximate surface area is 420 Å². The molecule has 0 radical (unpaired) electrons. The third-order valence-electron chi connectivity index (χ3n) is 11.5. The summed E-state index contributed by atoms with van der Waals surface area (Å²) in [7, 11) is -10.0. The number of rotatable bonds is 42. The molecule has 0 rings (SSSR count). The Morgan fingerprint density at radius 3 is 0.677 bits per heavy atom. The molecule has 0 saturated carbocycles. The number of hydrogen-bond donors (Lipinski definition) is 4. The van der Waals surface area contributed by atoms with Crippen LogP contribution < -0.4 is 80.8 Å². The smallest absolute Gasteiger partial charge is 0.548 e. The van der Waals surface area contributed by atoms with Crippen LogP contribution in [0.15, 0.2) is 0 Å². The number of hydrogen-bond acceptors (Lipinski definition) is 10. The van der Waals surface area contributed by atoms with Crippen LogP contribution in [-0.4, -0.2) is 59.2 Å². The molecule has 356 valence electrons. The molecular weight excluding hydrogens is 859 g/mol. The first-order valence-electron chi connectivity index (χ1n) is 23.3. The normalized spacial score (nSPS) is 13.4. The van der Waals surface area contributed by atoms with E-state index in [-0.39, 0.29) is 84.8 Å². The molecule has 0 aromatic heterocycles. The molecule has 0 aromatic rings. The van der Waals surface area contributed by atoms with Crippen molar-refractivity contribution >= 4 is 44.0 Å². The number of nitrogens with two attached hydrogens (primary N) is 2. The molecule has 0 heterocycles. The van der Waals surface area contributed by atoms with E-state index in [1.165, 1.54) is 141 Å². The molecule has 62 heavy (non-hydrogen) atoms. The van der Waals surface area contributed by atoms with E-state index in [4.69, 9.17) is 11.5 Å². The molecule has 0 spiro atoms. The predicted molar refractivity (Wildman–Crippen MR) is 235 cm³/mol. The summed E-state index contributed by atoms with van der Waals surface area (Å²) in [6, 6.07) is 0. The van der Waals surface area contributed by atoms with Crippen LogP contribution in [0.1, 0.15) is 245 Å². The van der Waals surface area contributed by atoms with E-state index >= 15 is 0 Å². The summed E-state index contributed by atoms with van der Waals surface area (Å²) < 4.78 is 59.5. The maximum absolute atomic E-state index is 11.5. The van der Waals surface area contributed by atoms with Crippen molar-refractivity contribution in [1.82, 2.24) is 0 Å². The number of carboxylic acids is 2. The molecule has 0 aromatic carbocycles. The van der Waals surface area contributed by atoms with Gasteiger partial charge in [0.15, 0.2) is 0 Å². The zero-order valence-electron chi connectivity index (χ0n) is 39.4. The van der Waals surface area contributed by atoms with Crippen molar-refractivity contribution in [3.8, 4) is 0 Å². The number of amides is 2. The van der Waals surface area contributed by atoms with Gasteiger partial charge in [0.05, 0.1) is 24.8 Å². The van der Waals surface area contributed by atoms with Gasteiger partial charge in [0.25, 0.3) is 20.2 Å². The Kier molecular flexibility index (Phi) is 46.3. The molecule has 0 aliphatic carbocycles. The predicted octanol–water partition coefficient (Wildman–Crippen LogP) is 1.79. The van der Waals surface area contributed by atoms with Crippen molar-refractivity contribution in [3.05, 3.63) is 0 Å². The minimum atomic E-state index is -5.00. The maximum Gasteiger partial charge on any atom is 1.00 e. The van der Waals surface area contributed by atoms with E-state index in [1.54, 1.807) is 0 Å². The quantitative estimate of drug-likeness (QED) is 0.0388. The summed E-state index contributed by atoms with van der Waals surface area (Å²) in [5.41, 5.74) is 9.94. The summed E-state index contributed by atoms with van der Waals surface area (Å²) in [5.74, 6) is -6.17. The van der Waals surface area contributed by atoms with Gasteiger partial charge in [0.1, 0.15) is 9.49 Å². The fraction of sp³-hybridized carbons (Fsp3) is 0.909. The first kappa shape index (κ1) is 68.3. The summed E-state index contributed by atoms with van der Waals surface area (Å²) in [6.07, 6.45) is 33.7. The molecule has 6 N–H and O–H groups in total. The topological polar surface area (TPSA) is 275 Å². The molecule has 0 bridgehead atoms. The van der Waals surface area contributed by atoms with Gasteiger partial charge >= 0.3 is 59.1 Å². The molecule has 2 unspecified atom stereocenters. The fourth-order valence-electron chi connectivity index (χ4n) is 7.66. The van der Waals surface area contributed by atoms with Crippen molar-refractivity contribution in [1.29, 1.82) is 0 Å². The molecule has 0 fully saturated rings. The van der Waals surface area contributed by atoms with Gasteiger partial charge in [-0.05, 0) is 12.8 Å². The Bertz CT molecular complexity index is 1270. The minimum Gasteiger partial charge on any atom is -0.548 e. The van der Waals surface area contributed by atoms with Crippen LogP contribution in [0.2, 0.25) is 0 Å². The SMILES string of the molecule is CCCCCCCCCCCCCCCCCCC(CC(N)=O)(C(=O)[O-])S(=O)(=O)O.CCCCCCCCCCCCCCCCCCC(CC(N)=O)(C(=O)[O-])S(=O)(=O)O.[Na+].[Na+]. The van der Waals surface area contributed by atoms with Crippen molar-refractivity contribution in [2.45, 2.75) is 254 Å². The largest absolute Gasteiger partial charge is 1.00 e. The van der Waals surface area contributed by atoms with Gasteiger partial charge in [-0.1, -0.05) is 219 Å². The van der Waals surface area contributed by atoms with Crippen molar-refractivity contribution in [2.75, 3.05) is 0 Å². The van der Waals surface area contributed by atoms with E-state index in [9.17, 15) is 55.3 Å². The van der Waals surface area contributed by atoms with Gasteiger partial charge < -0.3 is 31.3 Å². The van der Waals surface area contributed by atoms with Crippen LogP contribution >= 0.6 is 0 Å². The Balaban J connectivity index is -0.000000526. The van der Waals surface area contributed by atoms with Crippen molar-refractivity contribution < 1.29 is 114 Å². The summed E-state index contributed by atoms with van der Waals surface area (Å²) in [4.78, 5) is 44.9. The van der Waals surface area contributed by atoms with Gasteiger partial charge in [0.2, 0.25) is 11.8 Å². The van der Waals surface area contributed by atoms with Gasteiger partial charge in [-0.3, -0.25) is 18.7 Å². The van der Waals surface area contributed by atoms with Gasteiger partial charge in [0, 0.05) is 0 Å². The van der Waals surface area contributed by atoms with Gasteiger partial charge in [-0.25, -0.2) is 0 Å². The number of aliphatic carboxylic acids is 2. The average Bonchev–Trinajstić information content (AvgIpc) is 3.15. The van der Waals surface area contributed by atoms with E-state index in [2.05, 4.69) is 13.8 Å². The van der Waals surface area contributed by atoms with Crippen LogP contribution in [0, 0.1) is 0 Å². The third-order valence-corrected chi connectivity index (χ3v) is 14.5. The molecule has 0 saturated heterocycles. The first-order valence-corrected chi connectivity index (χ1v) is 26.2. The standard InChI is InChI=1S/2C22H43NO6S.2Na/c2*1-2-3-4-5-6-7-8-9-10-11-12-13-14-15-16-17-18-22(21(25)26,19-20(23)24)30(27,28)29;;/h2*2-19H2,1H3,(H2,23,24)(H,25,26)(H,27,28,29);;/q;;2*+1/p-2. The number of carbonyl (C=O) groups excluding carboxylic acids is 4.